The number of nitrogens with one attached hydrogen (secondary N) is 1. The maximum absolute atomic E-state index is 14.0. The molecule has 0 aliphatic heterocycles. The first-order valence-corrected chi connectivity index (χ1v) is 7.98. The second-order valence-electron chi connectivity index (χ2n) is 5.32. The van der Waals surface area contributed by atoms with E-state index in [4.69, 9.17) is 4.74 Å². The van der Waals surface area contributed by atoms with Gasteiger partial charge < -0.3 is 10.1 Å². The van der Waals surface area contributed by atoms with Crippen LogP contribution in [0.5, 0.6) is 0 Å². The summed E-state index contributed by atoms with van der Waals surface area (Å²) in [6, 6.07) is 5.33. The molecule has 1 rings (SSSR count). The molecule has 4 heteroatoms. The Hall–Kier alpha value is -0.450. The van der Waals surface area contributed by atoms with Gasteiger partial charge in [0.2, 0.25) is 0 Å². The number of methoxy groups -OCH3 is 1. The minimum Gasteiger partial charge on any atom is -0.377 e. The Morgan fingerprint density at radius 2 is 2.10 bits per heavy atom. The van der Waals surface area contributed by atoms with Crippen molar-refractivity contribution in [1.29, 1.82) is 0 Å². The third-order valence-corrected chi connectivity index (χ3v) is 4.48. The van der Waals surface area contributed by atoms with Crippen molar-refractivity contribution in [3.8, 4) is 0 Å². The molecular formula is C16H25BrFNO. The van der Waals surface area contributed by atoms with Crippen LogP contribution >= 0.6 is 15.9 Å². The van der Waals surface area contributed by atoms with Crippen molar-refractivity contribution in [2.45, 2.75) is 51.7 Å². The normalized spacial score (nSPS) is 15.9. The Bertz CT molecular complexity index is 421. The van der Waals surface area contributed by atoms with E-state index in [1.165, 1.54) is 6.07 Å². The average Bonchev–Trinajstić information content (AvgIpc) is 2.44. The fraction of sp³-hybridized carbons (Fsp3) is 0.625. The number of hydrogen-bond donors (Lipinski definition) is 1. The fourth-order valence-electron chi connectivity index (χ4n) is 2.26. The lowest BCUT2D eigenvalue weighted by atomic mass is 9.88. The molecule has 0 saturated heterocycles. The van der Waals surface area contributed by atoms with Crippen LogP contribution in [-0.2, 0) is 11.2 Å². The van der Waals surface area contributed by atoms with Crippen LogP contribution in [0.25, 0.3) is 0 Å². The van der Waals surface area contributed by atoms with Gasteiger partial charge in [0.15, 0.2) is 0 Å². The molecule has 0 amide bonds. The molecule has 1 N–H and O–H groups in total. The number of ether oxygens (including phenoxy) is 1. The first-order valence-electron chi connectivity index (χ1n) is 7.19. The van der Waals surface area contributed by atoms with Gasteiger partial charge in [0.05, 0.1) is 5.60 Å². The quantitative estimate of drug-likeness (QED) is 0.757. The van der Waals surface area contributed by atoms with Crippen molar-refractivity contribution in [1.82, 2.24) is 5.32 Å². The van der Waals surface area contributed by atoms with Crippen LogP contribution in [0.1, 0.15) is 39.2 Å². The molecule has 2 unspecified atom stereocenters. The monoisotopic (exact) mass is 345 g/mol. The predicted octanol–water partition coefficient (Wildman–Crippen LogP) is 4.31. The Labute approximate surface area is 130 Å². The number of benzene rings is 1. The van der Waals surface area contributed by atoms with E-state index in [2.05, 4.69) is 42.0 Å². The predicted molar refractivity (Wildman–Crippen MR) is 85.6 cm³/mol. The smallest absolute Gasteiger partial charge is 0.127 e. The summed E-state index contributed by atoms with van der Waals surface area (Å²) >= 11 is 3.29. The van der Waals surface area contributed by atoms with Crippen LogP contribution < -0.4 is 5.32 Å². The van der Waals surface area contributed by atoms with Crippen LogP contribution in [-0.4, -0.2) is 25.3 Å². The van der Waals surface area contributed by atoms with Gasteiger partial charge in [-0.15, -0.1) is 0 Å². The minimum atomic E-state index is -0.297. The molecule has 0 saturated carbocycles. The fourth-order valence-corrected chi connectivity index (χ4v) is 2.60. The van der Waals surface area contributed by atoms with Crippen molar-refractivity contribution >= 4 is 15.9 Å². The van der Waals surface area contributed by atoms with E-state index in [0.717, 1.165) is 29.4 Å². The molecular weight excluding hydrogens is 321 g/mol. The standard InChI is InChI=1S/C16H25BrFNO/c1-5-9-19-15(16(3,6-2)20-4)10-12-7-8-13(17)11-14(12)18/h7-8,11,15,19H,5-6,9-10H2,1-4H3. The van der Waals surface area contributed by atoms with Gasteiger partial charge in [0, 0.05) is 17.6 Å². The lowest BCUT2D eigenvalue weighted by Gasteiger charge is -2.36. The minimum absolute atomic E-state index is 0.0909. The summed E-state index contributed by atoms with van der Waals surface area (Å²) in [5.41, 5.74) is 0.424. The molecule has 0 heterocycles. The van der Waals surface area contributed by atoms with E-state index >= 15 is 0 Å². The summed E-state index contributed by atoms with van der Waals surface area (Å²) in [7, 11) is 1.72. The molecule has 20 heavy (non-hydrogen) atoms. The maximum atomic E-state index is 14.0. The molecule has 0 aliphatic carbocycles. The van der Waals surface area contributed by atoms with Gasteiger partial charge in [-0.3, -0.25) is 0 Å². The molecule has 0 fully saturated rings. The summed E-state index contributed by atoms with van der Waals surface area (Å²) in [4.78, 5) is 0. The first kappa shape index (κ1) is 17.6. The van der Waals surface area contributed by atoms with E-state index in [-0.39, 0.29) is 17.5 Å². The van der Waals surface area contributed by atoms with E-state index in [1.807, 2.05) is 12.1 Å². The molecule has 2 atom stereocenters. The second-order valence-corrected chi connectivity index (χ2v) is 6.23. The summed E-state index contributed by atoms with van der Waals surface area (Å²) in [6.45, 7) is 7.21. The SMILES string of the molecule is CCCNC(Cc1ccc(Br)cc1F)C(C)(CC)OC. The second kappa shape index (κ2) is 8.11. The van der Waals surface area contributed by atoms with Crippen LogP contribution in [0.4, 0.5) is 4.39 Å². The highest BCUT2D eigenvalue weighted by Crippen LogP contribution is 2.24. The van der Waals surface area contributed by atoms with Gasteiger partial charge in [-0.25, -0.2) is 4.39 Å². The van der Waals surface area contributed by atoms with Crippen LogP contribution in [0.2, 0.25) is 0 Å². The van der Waals surface area contributed by atoms with Crippen LogP contribution in [0, 0.1) is 5.82 Å². The number of halogens is 2. The lowest BCUT2D eigenvalue weighted by Crippen LogP contribution is -2.51. The van der Waals surface area contributed by atoms with Gasteiger partial charge in [-0.1, -0.05) is 35.8 Å². The van der Waals surface area contributed by atoms with Gasteiger partial charge in [-0.05, 0) is 50.4 Å². The summed E-state index contributed by atoms with van der Waals surface area (Å²) in [5.74, 6) is -0.169. The van der Waals surface area contributed by atoms with E-state index in [0.29, 0.717) is 6.42 Å². The van der Waals surface area contributed by atoms with E-state index in [1.54, 1.807) is 7.11 Å². The first-order chi connectivity index (χ1) is 9.46. The Balaban J connectivity index is 2.94. The zero-order valence-electron chi connectivity index (χ0n) is 12.8. The van der Waals surface area contributed by atoms with E-state index < -0.39 is 0 Å². The van der Waals surface area contributed by atoms with Gasteiger partial charge in [-0.2, -0.15) is 0 Å². The zero-order valence-corrected chi connectivity index (χ0v) is 14.4. The highest BCUT2D eigenvalue weighted by molar-refractivity contribution is 9.10. The van der Waals surface area contributed by atoms with Crippen LogP contribution in [0.15, 0.2) is 22.7 Å². The molecule has 0 spiro atoms. The largest absolute Gasteiger partial charge is 0.377 e. The van der Waals surface area contributed by atoms with Gasteiger partial charge in [0.1, 0.15) is 5.82 Å². The van der Waals surface area contributed by atoms with Crippen molar-refractivity contribution < 1.29 is 9.13 Å². The summed E-state index contributed by atoms with van der Waals surface area (Å²) in [6.07, 6.45) is 2.54. The van der Waals surface area contributed by atoms with Crippen molar-refractivity contribution in [3.63, 3.8) is 0 Å². The molecule has 0 radical (unpaired) electrons. The highest BCUT2D eigenvalue weighted by atomic mass is 79.9. The molecule has 0 aromatic heterocycles. The third-order valence-electron chi connectivity index (χ3n) is 3.99. The third kappa shape index (κ3) is 4.54. The summed E-state index contributed by atoms with van der Waals surface area (Å²) < 4.78 is 20.5. The average molecular weight is 346 g/mol. The summed E-state index contributed by atoms with van der Waals surface area (Å²) in [5, 5.41) is 3.50. The molecule has 2 nitrogen and oxygen atoms in total. The molecule has 114 valence electrons. The number of hydrogen-bond acceptors (Lipinski definition) is 2. The molecule has 0 bridgehead atoms. The molecule has 1 aromatic rings. The maximum Gasteiger partial charge on any atom is 0.127 e. The van der Waals surface area contributed by atoms with E-state index in [9.17, 15) is 4.39 Å². The highest BCUT2D eigenvalue weighted by Gasteiger charge is 2.32. The zero-order chi connectivity index (χ0) is 15.2. The number of rotatable bonds is 8. The van der Waals surface area contributed by atoms with Crippen LogP contribution in [0.3, 0.4) is 0 Å². The Morgan fingerprint density at radius 3 is 2.60 bits per heavy atom. The van der Waals surface area contributed by atoms with Crippen molar-refractivity contribution in [3.05, 3.63) is 34.1 Å². The Kier molecular flexibility index (Phi) is 7.13. The Morgan fingerprint density at radius 1 is 1.40 bits per heavy atom. The molecule has 0 aliphatic rings. The topological polar surface area (TPSA) is 21.3 Å². The van der Waals surface area contributed by atoms with Gasteiger partial charge >= 0.3 is 0 Å². The van der Waals surface area contributed by atoms with Crippen molar-refractivity contribution in [2.75, 3.05) is 13.7 Å². The van der Waals surface area contributed by atoms with Crippen molar-refractivity contribution in [2.24, 2.45) is 0 Å². The molecule has 1 aromatic carbocycles. The lowest BCUT2D eigenvalue weighted by molar-refractivity contribution is -0.0288. The van der Waals surface area contributed by atoms with Gasteiger partial charge in [0.25, 0.3) is 0 Å².